The first-order chi connectivity index (χ1) is 23.3. The molecule has 4 aromatic rings. The van der Waals surface area contributed by atoms with E-state index in [1.807, 2.05) is 42.5 Å². The number of anilines is 2. The average molecular weight is 659 g/mol. The summed E-state index contributed by atoms with van der Waals surface area (Å²) >= 11 is 6.38. The number of nitrogens with zero attached hydrogens (tertiary/aromatic N) is 2. The van der Waals surface area contributed by atoms with Crippen molar-refractivity contribution in [1.29, 1.82) is 0 Å². The van der Waals surface area contributed by atoms with Gasteiger partial charge in [0.05, 0.1) is 41.7 Å². The molecule has 1 N–H and O–H groups in total. The number of phenolic OH excluding ortho intramolecular Hbond substituents is 1. The zero-order valence-corrected chi connectivity index (χ0v) is 26.7. The lowest BCUT2D eigenvalue weighted by Gasteiger charge is -2.50. The molecule has 240 valence electrons. The van der Waals surface area contributed by atoms with E-state index >= 15 is 4.79 Å². The Hall–Kier alpha value is -5.21. The van der Waals surface area contributed by atoms with Crippen molar-refractivity contribution in [2.45, 2.75) is 24.2 Å². The van der Waals surface area contributed by atoms with E-state index in [1.165, 1.54) is 23.0 Å². The summed E-state index contributed by atoms with van der Waals surface area (Å²) in [7, 11) is 1.45. The second-order valence-electron chi connectivity index (χ2n) is 12.9. The predicted molar refractivity (Wildman–Crippen MR) is 180 cm³/mol. The Kier molecular flexibility index (Phi) is 7.03. The summed E-state index contributed by atoms with van der Waals surface area (Å²) in [6.07, 6.45) is 2.51. The average Bonchev–Trinajstić information content (AvgIpc) is 3.50. The van der Waals surface area contributed by atoms with Crippen molar-refractivity contribution >= 4 is 46.6 Å². The van der Waals surface area contributed by atoms with Crippen LogP contribution in [0.25, 0.3) is 0 Å². The largest absolute Gasteiger partial charge is 0.504 e. The van der Waals surface area contributed by atoms with E-state index in [0.717, 1.165) is 5.57 Å². The first-order valence-corrected chi connectivity index (χ1v) is 16.3. The molecule has 0 spiro atoms. The van der Waals surface area contributed by atoms with Crippen LogP contribution < -0.4 is 14.5 Å². The Morgan fingerprint density at radius 1 is 0.771 bits per heavy atom. The van der Waals surface area contributed by atoms with Crippen molar-refractivity contribution in [2.24, 2.45) is 23.7 Å². The van der Waals surface area contributed by atoms with Crippen LogP contribution in [0.15, 0.2) is 115 Å². The molecule has 4 amide bonds. The number of hydrogen-bond donors (Lipinski definition) is 1. The number of carbonyl (C=O) groups is 4. The predicted octanol–water partition coefficient (Wildman–Crippen LogP) is 6.42. The Bertz CT molecular complexity index is 2030. The van der Waals surface area contributed by atoms with E-state index in [2.05, 4.69) is 0 Å². The maximum absolute atomic E-state index is 15.3. The van der Waals surface area contributed by atoms with Crippen LogP contribution in [0.4, 0.5) is 11.4 Å². The second-order valence-corrected chi connectivity index (χ2v) is 13.3. The molecule has 2 saturated heterocycles. The minimum atomic E-state index is -1.41. The quantitative estimate of drug-likeness (QED) is 0.196. The summed E-state index contributed by atoms with van der Waals surface area (Å²) in [5.74, 6) is -4.62. The van der Waals surface area contributed by atoms with Crippen LogP contribution in [-0.4, -0.2) is 35.8 Å². The van der Waals surface area contributed by atoms with E-state index < -0.39 is 40.9 Å². The van der Waals surface area contributed by atoms with Crippen LogP contribution >= 0.6 is 11.6 Å². The molecule has 6 atom stereocenters. The van der Waals surface area contributed by atoms with Gasteiger partial charge >= 0.3 is 0 Å². The summed E-state index contributed by atoms with van der Waals surface area (Å²) < 4.78 is 5.53. The highest BCUT2D eigenvalue weighted by molar-refractivity contribution is 6.32. The fraction of sp³-hybridized carbons (Fsp3) is 0.231. The molecule has 48 heavy (non-hydrogen) atoms. The summed E-state index contributed by atoms with van der Waals surface area (Å²) in [5, 5.41) is 11.0. The van der Waals surface area contributed by atoms with Gasteiger partial charge in [0.2, 0.25) is 23.6 Å². The maximum atomic E-state index is 15.3. The molecule has 1 saturated carbocycles. The van der Waals surface area contributed by atoms with Crippen LogP contribution in [0, 0.1) is 23.7 Å². The number of amides is 4. The molecule has 9 heteroatoms. The van der Waals surface area contributed by atoms with Crippen LogP contribution in [0.2, 0.25) is 5.02 Å². The Labute approximate surface area is 282 Å². The molecule has 6 unspecified atom stereocenters. The monoisotopic (exact) mass is 658 g/mol. The van der Waals surface area contributed by atoms with E-state index in [1.54, 1.807) is 60.7 Å². The zero-order valence-electron chi connectivity index (χ0n) is 26.0. The molecule has 4 aromatic carbocycles. The van der Waals surface area contributed by atoms with Gasteiger partial charge < -0.3 is 9.84 Å². The number of allylic oxidation sites excluding steroid dienone is 2. The summed E-state index contributed by atoms with van der Waals surface area (Å²) in [6, 6.07) is 29.9. The maximum Gasteiger partial charge on any atom is 0.246 e. The molecule has 0 bridgehead atoms. The number of phenols is 1. The minimum absolute atomic E-state index is 0.0685. The van der Waals surface area contributed by atoms with Gasteiger partial charge in [0.15, 0.2) is 11.5 Å². The number of halogens is 1. The van der Waals surface area contributed by atoms with Crippen molar-refractivity contribution in [3.8, 4) is 11.5 Å². The molecule has 4 aliphatic rings. The third-order valence-corrected chi connectivity index (χ3v) is 11.0. The molecule has 2 heterocycles. The third kappa shape index (κ3) is 4.15. The number of para-hydroxylation sites is 1. The summed E-state index contributed by atoms with van der Waals surface area (Å²) in [4.78, 5) is 60.8. The van der Waals surface area contributed by atoms with Crippen LogP contribution in [0.5, 0.6) is 11.5 Å². The molecule has 2 aliphatic carbocycles. The molecule has 3 fully saturated rings. The standard InChI is InChI=1S/C39H31ClN2O6/c1-48-32-19-22(15-18-31(32)43)34-27-16-17-28-33(37(46)41(35(28)44)25-12-6-3-7-13-25)29(27)21-30-36(45)42(26-14-8-11-24(40)20-26)38(47)39(30,34)23-9-4-2-5-10-23/h2-16,18-20,28-30,33-34,43H,17,21H2,1H3. The molecular formula is C39H31ClN2O6. The zero-order chi connectivity index (χ0) is 33.3. The lowest BCUT2D eigenvalue weighted by molar-refractivity contribution is -0.127. The highest BCUT2D eigenvalue weighted by Gasteiger charge is 2.70. The summed E-state index contributed by atoms with van der Waals surface area (Å²) in [5.41, 5.74) is 1.60. The van der Waals surface area contributed by atoms with Gasteiger partial charge in [-0.05, 0) is 72.4 Å². The number of aromatic hydroxyl groups is 1. The summed E-state index contributed by atoms with van der Waals surface area (Å²) in [6.45, 7) is 0. The fourth-order valence-corrected chi connectivity index (χ4v) is 9.01. The van der Waals surface area contributed by atoms with Crippen molar-refractivity contribution in [1.82, 2.24) is 0 Å². The molecule has 8 nitrogen and oxygen atoms in total. The van der Waals surface area contributed by atoms with Gasteiger partial charge in [0.25, 0.3) is 0 Å². The number of carbonyl (C=O) groups excluding carboxylic acids is 4. The van der Waals surface area contributed by atoms with Gasteiger partial charge in [-0.15, -0.1) is 0 Å². The van der Waals surface area contributed by atoms with E-state index in [4.69, 9.17) is 16.3 Å². The van der Waals surface area contributed by atoms with Gasteiger partial charge in [-0.3, -0.25) is 24.1 Å². The van der Waals surface area contributed by atoms with Gasteiger partial charge in [-0.2, -0.15) is 0 Å². The molecular weight excluding hydrogens is 628 g/mol. The fourth-order valence-electron chi connectivity index (χ4n) is 8.82. The van der Waals surface area contributed by atoms with Gasteiger partial charge in [-0.25, -0.2) is 4.90 Å². The Morgan fingerprint density at radius 2 is 1.48 bits per heavy atom. The van der Waals surface area contributed by atoms with Gasteiger partial charge in [0.1, 0.15) is 0 Å². The number of ether oxygens (including phenoxy) is 1. The molecule has 8 rings (SSSR count). The van der Waals surface area contributed by atoms with Crippen molar-refractivity contribution in [3.63, 3.8) is 0 Å². The van der Waals surface area contributed by atoms with Crippen LogP contribution in [0.1, 0.15) is 29.9 Å². The minimum Gasteiger partial charge on any atom is -0.504 e. The molecule has 0 aromatic heterocycles. The first kappa shape index (κ1) is 30.1. The van der Waals surface area contributed by atoms with Crippen LogP contribution in [0.3, 0.4) is 0 Å². The number of hydrogen-bond acceptors (Lipinski definition) is 6. The van der Waals surface area contributed by atoms with Crippen molar-refractivity contribution in [3.05, 3.63) is 131 Å². The highest BCUT2D eigenvalue weighted by atomic mass is 35.5. The van der Waals surface area contributed by atoms with E-state index in [9.17, 15) is 19.5 Å². The third-order valence-electron chi connectivity index (χ3n) is 10.7. The Morgan fingerprint density at radius 3 is 2.19 bits per heavy atom. The molecule has 0 radical (unpaired) electrons. The lowest BCUT2D eigenvalue weighted by atomic mass is 9.49. The number of benzene rings is 4. The van der Waals surface area contributed by atoms with Crippen LogP contribution in [-0.2, 0) is 24.6 Å². The van der Waals surface area contributed by atoms with Crippen molar-refractivity contribution in [2.75, 3.05) is 16.9 Å². The number of fused-ring (bicyclic) bond motifs is 4. The Balaban J connectivity index is 1.37. The SMILES string of the molecule is COc1cc(C2C3=CCC4C(=O)N(c5ccccc5)C(=O)C4C3CC3C(=O)N(c4cccc(Cl)c4)C(=O)C32c2ccccc2)ccc1O. The normalized spacial score (nSPS) is 27.8. The number of imide groups is 2. The van der Waals surface area contributed by atoms with Gasteiger partial charge in [-0.1, -0.05) is 83.9 Å². The number of rotatable bonds is 5. The van der Waals surface area contributed by atoms with Gasteiger partial charge in [0, 0.05) is 10.9 Å². The smallest absolute Gasteiger partial charge is 0.246 e. The van der Waals surface area contributed by atoms with E-state index in [-0.39, 0.29) is 35.6 Å². The first-order valence-electron chi connectivity index (χ1n) is 16.0. The highest BCUT2D eigenvalue weighted by Crippen LogP contribution is 2.64. The lowest BCUT2D eigenvalue weighted by Crippen LogP contribution is -2.53. The number of methoxy groups -OCH3 is 1. The van der Waals surface area contributed by atoms with E-state index in [0.29, 0.717) is 33.9 Å². The van der Waals surface area contributed by atoms with Crippen molar-refractivity contribution < 1.29 is 29.0 Å². The topological polar surface area (TPSA) is 104 Å². The molecule has 2 aliphatic heterocycles. The second kappa shape index (κ2) is 11.2.